The Morgan fingerprint density at radius 2 is 2.00 bits per heavy atom. The minimum atomic E-state index is 0.487. The molecular weight excluding hydrogens is 246 g/mol. The molecule has 106 valence electrons. The average Bonchev–Trinajstić information content (AvgIpc) is 2.96. The zero-order valence-electron chi connectivity index (χ0n) is 12.2. The van der Waals surface area contributed by atoms with Gasteiger partial charge >= 0.3 is 0 Å². The summed E-state index contributed by atoms with van der Waals surface area (Å²) in [4.78, 5) is 4.17. The van der Waals surface area contributed by atoms with E-state index in [0.717, 1.165) is 17.6 Å². The lowest BCUT2D eigenvalue weighted by atomic mass is 9.83. The number of anilines is 2. The topological polar surface area (TPSA) is 50.9 Å². The van der Waals surface area contributed by atoms with Gasteiger partial charge in [0.05, 0.1) is 0 Å². The monoisotopic (exact) mass is 269 g/mol. The number of nitrogens with one attached hydrogen (secondary N) is 1. The van der Waals surface area contributed by atoms with E-state index in [9.17, 15) is 0 Å². The number of benzene rings is 1. The van der Waals surface area contributed by atoms with E-state index in [4.69, 9.17) is 5.73 Å². The smallest absolute Gasteiger partial charge is 0.0422 e. The lowest BCUT2D eigenvalue weighted by Gasteiger charge is -2.28. The highest BCUT2D eigenvalue weighted by atomic mass is 14.9. The molecule has 0 unspecified atom stereocenters. The second kappa shape index (κ2) is 5.31. The summed E-state index contributed by atoms with van der Waals surface area (Å²) in [5.74, 6) is 0. The van der Waals surface area contributed by atoms with Crippen molar-refractivity contribution in [2.45, 2.75) is 39.0 Å². The van der Waals surface area contributed by atoms with Crippen molar-refractivity contribution in [1.29, 1.82) is 0 Å². The first-order chi connectivity index (χ1) is 9.74. The summed E-state index contributed by atoms with van der Waals surface area (Å²) in [7, 11) is 0. The number of hydrogen-bond acceptors (Lipinski definition) is 3. The third kappa shape index (κ3) is 2.33. The Labute approximate surface area is 120 Å². The summed E-state index contributed by atoms with van der Waals surface area (Å²) in [6, 6.07) is 6.11. The summed E-state index contributed by atoms with van der Waals surface area (Å²) in [5.41, 5.74) is 8.49. The van der Waals surface area contributed by atoms with Gasteiger partial charge in [0.15, 0.2) is 0 Å². The molecule has 3 heteroatoms. The molecule has 3 N–H and O–H groups in total. The number of fused-ring (bicyclic) bond motifs is 1. The molecule has 0 atom stereocenters. The lowest BCUT2D eigenvalue weighted by Crippen LogP contribution is -2.25. The number of nitrogens with zero attached hydrogens (tertiary/aromatic N) is 1. The van der Waals surface area contributed by atoms with Gasteiger partial charge < -0.3 is 11.1 Å². The van der Waals surface area contributed by atoms with Crippen LogP contribution in [0.3, 0.4) is 0 Å². The van der Waals surface area contributed by atoms with E-state index < -0.39 is 0 Å². The molecule has 3 rings (SSSR count). The van der Waals surface area contributed by atoms with Crippen LogP contribution in [0.5, 0.6) is 0 Å². The van der Waals surface area contributed by atoms with Crippen LogP contribution < -0.4 is 11.1 Å². The first-order valence-electron chi connectivity index (χ1n) is 7.60. The molecule has 1 heterocycles. The Morgan fingerprint density at radius 1 is 1.20 bits per heavy atom. The number of rotatable bonds is 4. The Kier molecular flexibility index (Phi) is 3.51. The highest BCUT2D eigenvalue weighted by Crippen LogP contribution is 2.41. The van der Waals surface area contributed by atoms with Crippen LogP contribution in [0.2, 0.25) is 0 Å². The maximum atomic E-state index is 6.03. The molecule has 0 spiro atoms. The highest BCUT2D eigenvalue weighted by molar-refractivity contribution is 6.00. The minimum absolute atomic E-state index is 0.487. The summed E-state index contributed by atoms with van der Waals surface area (Å²) in [6.45, 7) is 3.38. The third-order valence-electron chi connectivity index (χ3n) is 4.92. The van der Waals surface area contributed by atoms with Crippen molar-refractivity contribution >= 4 is 22.1 Å². The molecule has 0 bridgehead atoms. The van der Waals surface area contributed by atoms with E-state index in [-0.39, 0.29) is 0 Å². The van der Waals surface area contributed by atoms with Gasteiger partial charge in [-0.1, -0.05) is 19.8 Å². The number of nitrogen functional groups attached to an aromatic ring is 1. The van der Waals surface area contributed by atoms with Gasteiger partial charge in [-0.25, -0.2) is 0 Å². The van der Waals surface area contributed by atoms with Gasteiger partial charge in [-0.05, 0) is 42.9 Å². The molecule has 0 amide bonds. The van der Waals surface area contributed by atoms with Gasteiger partial charge in [0.1, 0.15) is 0 Å². The molecule has 1 aromatic carbocycles. The second-order valence-corrected chi connectivity index (χ2v) is 6.04. The largest absolute Gasteiger partial charge is 0.398 e. The first-order valence-corrected chi connectivity index (χ1v) is 7.60. The SMILES string of the molecule is CCC1(CNc2ccc(N)c3cnccc23)CCCC1. The van der Waals surface area contributed by atoms with Crippen molar-refractivity contribution in [3.05, 3.63) is 30.6 Å². The Balaban J connectivity index is 1.86. The molecule has 2 aromatic rings. The van der Waals surface area contributed by atoms with Crippen molar-refractivity contribution in [1.82, 2.24) is 4.98 Å². The van der Waals surface area contributed by atoms with Crippen LogP contribution in [0.1, 0.15) is 39.0 Å². The van der Waals surface area contributed by atoms with Crippen molar-refractivity contribution in [3.8, 4) is 0 Å². The van der Waals surface area contributed by atoms with E-state index in [1.807, 2.05) is 24.5 Å². The molecule has 1 fully saturated rings. The number of pyridine rings is 1. The fourth-order valence-electron chi connectivity index (χ4n) is 3.43. The number of hydrogen-bond donors (Lipinski definition) is 2. The van der Waals surface area contributed by atoms with Crippen LogP contribution in [-0.2, 0) is 0 Å². The standard InChI is InChI=1S/C17H23N3/c1-2-17(8-3-4-9-17)12-20-16-6-5-15(18)14-11-19-10-7-13(14)16/h5-7,10-11,20H,2-4,8-9,12,18H2,1H3. The van der Waals surface area contributed by atoms with Gasteiger partial charge in [0.2, 0.25) is 0 Å². The maximum absolute atomic E-state index is 6.03. The zero-order chi connectivity index (χ0) is 14.0. The summed E-state index contributed by atoms with van der Waals surface area (Å²) in [5, 5.41) is 5.87. The van der Waals surface area contributed by atoms with E-state index >= 15 is 0 Å². The molecule has 0 radical (unpaired) electrons. The highest BCUT2D eigenvalue weighted by Gasteiger charge is 2.31. The van der Waals surface area contributed by atoms with Gasteiger partial charge in [-0.15, -0.1) is 0 Å². The predicted molar refractivity (Wildman–Crippen MR) is 85.8 cm³/mol. The zero-order valence-corrected chi connectivity index (χ0v) is 12.2. The quantitative estimate of drug-likeness (QED) is 0.818. The average molecular weight is 269 g/mol. The van der Waals surface area contributed by atoms with Crippen LogP contribution in [0.25, 0.3) is 10.8 Å². The molecule has 0 saturated heterocycles. The van der Waals surface area contributed by atoms with Crippen molar-refractivity contribution in [3.63, 3.8) is 0 Å². The summed E-state index contributed by atoms with van der Waals surface area (Å²) >= 11 is 0. The Morgan fingerprint density at radius 3 is 2.75 bits per heavy atom. The fourth-order valence-corrected chi connectivity index (χ4v) is 3.43. The third-order valence-corrected chi connectivity index (χ3v) is 4.92. The summed E-state index contributed by atoms with van der Waals surface area (Å²) < 4.78 is 0. The Bertz CT molecular complexity index is 600. The second-order valence-electron chi connectivity index (χ2n) is 6.04. The molecule has 1 aliphatic carbocycles. The van der Waals surface area contributed by atoms with E-state index in [1.165, 1.54) is 43.2 Å². The summed E-state index contributed by atoms with van der Waals surface area (Å²) in [6.07, 6.45) is 10.4. The molecule has 1 aliphatic rings. The van der Waals surface area contributed by atoms with Crippen LogP contribution in [-0.4, -0.2) is 11.5 Å². The number of nitrogens with two attached hydrogens (primary N) is 1. The van der Waals surface area contributed by atoms with Crippen molar-refractivity contribution < 1.29 is 0 Å². The molecule has 3 nitrogen and oxygen atoms in total. The molecule has 1 saturated carbocycles. The van der Waals surface area contributed by atoms with Crippen LogP contribution in [0.4, 0.5) is 11.4 Å². The van der Waals surface area contributed by atoms with Crippen molar-refractivity contribution in [2.75, 3.05) is 17.6 Å². The molecular formula is C17H23N3. The van der Waals surface area contributed by atoms with Crippen LogP contribution >= 0.6 is 0 Å². The van der Waals surface area contributed by atoms with E-state index in [2.05, 4.69) is 23.3 Å². The van der Waals surface area contributed by atoms with E-state index in [0.29, 0.717) is 5.41 Å². The molecule has 0 aliphatic heterocycles. The normalized spacial score (nSPS) is 17.4. The van der Waals surface area contributed by atoms with Crippen LogP contribution in [0.15, 0.2) is 30.6 Å². The molecule has 20 heavy (non-hydrogen) atoms. The van der Waals surface area contributed by atoms with Crippen LogP contribution in [0, 0.1) is 5.41 Å². The molecule has 1 aromatic heterocycles. The van der Waals surface area contributed by atoms with Crippen molar-refractivity contribution in [2.24, 2.45) is 5.41 Å². The van der Waals surface area contributed by atoms with Gasteiger partial charge in [-0.3, -0.25) is 4.98 Å². The maximum Gasteiger partial charge on any atom is 0.0422 e. The fraction of sp³-hybridized carbons (Fsp3) is 0.471. The van der Waals surface area contributed by atoms with Gasteiger partial charge in [-0.2, -0.15) is 0 Å². The van der Waals surface area contributed by atoms with Gasteiger partial charge in [0.25, 0.3) is 0 Å². The first kappa shape index (κ1) is 13.2. The lowest BCUT2D eigenvalue weighted by molar-refractivity contribution is 0.307. The van der Waals surface area contributed by atoms with E-state index in [1.54, 1.807) is 0 Å². The predicted octanol–water partition coefficient (Wildman–Crippen LogP) is 4.20. The Hall–Kier alpha value is -1.77. The van der Waals surface area contributed by atoms with Gasteiger partial charge in [0, 0.05) is 41.1 Å². The minimum Gasteiger partial charge on any atom is -0.398 e. The number of aromatic nitrogens is 1.